The molecule has 4 heteroatoms. The molecule has 0 amide bonds. The number of nitrogens with zero attached hydrogens (tertiary/aromatic N) is 1. The third-order valence-corrected chi connectivity index (χ3v) is 3.50. The van der Waals surface area contributed by atoms with Crippen molar-refractivity contribution in [1.82, 2.24) is 4.98 Å². The third kappa shape index (κ3) is 2.40. The van der Waals surface area contributed by atoms with E-state index in [1.807, 2.05) is 48.5 Å². The van der Waals surface area contributed by atoms with Crippen molar-refractivity contribution in [2.24, 2.45) is 0 Å². The number of aromatic hydroxyl groups is 1. The zero-order valence-corrected chi connectivity index (χ0v) is 11.4. The van der Waals surface area contributed by atoms with Crippen LogP contribution in [0.15, 0.2) is 54.7 Å². The van der Waals surface area contributed by atoms with Crippen LogP contribution < -0.4 is 5.32 Å². The molecule has 2 aromatic carbocycles. The highest BCUT2D eigenvalue weighted by Crippen LogP contribution is 2.28. The van der Waals surface area contributed by atoms with Crippen LogP contribution in [-0.2, 0) is 6.54 Å². The topological polar surface area (TPSA) is 45.1 Å². The van der Waals surface area contributed by atoms with Gasteiger partial charge in [-0.1, -0.05) is 41.9 Å². The minimum Gasteiger partial charge on any atom is -0.505 e. The van der Waals surface area contributed by atoms with E-state index < -0.39 is 0 Å². The lowest BCUT2D eigenvalue weighted by molar-refractivity contribution is 0.474. The number of nitrogens with one attached hydrogen (secondary N) is 1. The highest BCUT2D eigenvalue weighted by Gasteiger charge is 2.07. The SMILES string of the molecule is Oc1c(CNc2ccccc2Cl)ccc2cccnc12. The normalized spacial score (nSPS) is 10.7. The summed E-state index contributed by atoms with van der Waals surface area (Å²) in [5.74, 6) is 0.211. The van der Waals surface area contributed by atoms with E-state index >= 15 is 0 Å². The fourth-order valence-corrected chi connectivity index (χ4v) is 2.31. The second-order valence-corrected chi connectivity index (χ2v) is 4.89. The van der Waals surface area contributed by atoms with Gasteiger partial charge < -0.3 is 10.4 Å². The molecule has 0 radical (unpaired) electrons. The van der Waals surface area contributed by atoms with Gasteiger partial charge in [0, 0.05) is 23.7 Å². The number of fused-ring (bicyclic) bond motifs is 1. The Hall–Kier alpha value is -2.26. The number of phenols is 1. The molecule has 100 valence electrons. The molecule has 0 aliphatic rings. The molecule has 0 saturated heterocycles. The summed E-state index contributed by atoms with van der Waals surface area (Å²) in [6, 6.07) is 15.1. The molecular weight excluding hydrogens is 272 g/mol. The lowest BCUT2D eigenvalue weighted by Gasteiger charge is -2.10. The summed E-state index contributed by atoms with van der Waals surface area (Å²) in [4.78, 5) is 4.21. The number of phenolic OH excluding ortho intramolecular Hbond substituents is 1. The molecule has 3 nitrogen and oxygen atoms in total. The van der Waals surface area contributed by atoms with Crippen LogP contribution in [0, 0.1) is 0 Å². The van der Waals surface area contributed by atoms with Crippen molar-refractivity contribution in [2.75, 3.05) is 5.32 Å². The molecule has 3 rings (SSSR count). The van der Waals surface area contributed by atoms with Crippen LogP contribution in [0.3, 0.4) is 0 Å². The number of anilines is 1. The van der Waals surface area contributed by atoms with Crippen LogP contribution in [0.5, 0.6) is 5.75 Å². The van der Waals surface area contributed by atoms with Gasteiger partial charge in [0.15, 0.2) is 0 Å². The molecule has 0 bridgehead atoms. The number of hydrogen-bond donors (Lipinski definition) is 2. The van der Waals surface area contributed by atoms with Gasteiger partial charge in [0.25, 0.3) is 0 Å². The smallest absolute Gasteiger partial charge is 0.146 e. The number of benzene rings is 2. The van der Waals surface area contributed by atoms with Crippen molar-refractivity contribution in [3.05, 3.63) is 65.3 Å². The van der Waals surface area contributed by atoms with Gasteiger partial charge in [-0.15, -0.1) is 0 Å². The Kier molecular flexibility index (Phi) is 3.44. The Morgan fingerprint density at radius 3 is 2.75 bits per heavy atom. The highest BCUT2D eigenvalue weighted by atomic mass is 35.5. The molecule has 1 heterocycles. The van der Waals surface area contributed by atoms with E-state index in [4.69, 9.17) is 11.6 Å². The van der Waals surface area contributed by atoms with E-state index in [0.717, 1.165) is 16.6 Å². The van der Waals surface area contributed by atoms with Crippen molar-refractivity contribution >= 4 is 28.2 Å². The van der Waals surface area contributed by atoms with Crippen molar-refractivity contribution < 1.29 is 5.11 Å². The number of rotatable bonds is 3. The van der Waals surface area contributed by atoms with Gasteiger partial charge in [0.2, 0.25) is 0 Å². The maximum atomic E-state index is 10.3. The summed E-state index contributed by atoms with van der Waals surface area (Å²) in [6.45, 7) is 0.488. The molecule has 0 saturated carbocycles. The van der Waals surface area contributed by atoms with E-state index in [9.17, 15) is 5.11 Å². The van der Waals surface area contributed by atoms with Crippen LogP contribution in [-0.4, -0.2) is 10.1 Å². The van der Waals surface area contributed by atoms with Crippen LogP contribution in [0.4, 0.5) is 5.69 Å². The lowest BCUT2D eigenvalue weighted by atomic mass is 10.1. The fraction of sp³-hybridized carbons (Fsp3) is 0.0625. The summed E-state index contributed by atoms with van der Waals surface area (Å²) in [7, 11) is 0. The van der Waals surface area contributed by atoms with Crippen molar-refractivity contribution in [2.45, 2.75) is 6.54 Å². The first-order valence-corrected chi connectivity index (χ1v) is 6.67. The van der Waals surface area contributed by atoms with Crippen LogP contribution >= 0.6 is 11.6 Å². The van der Waals surface area contributed by atoms with Crippen molar-refractivity contribution in [1.29, 1.82) is 0 Å². The Bertz CT molecular complexity index is 758. The van der Waals surface area contributed by atoms with Gasteiger partial charge in [0.1, 0.15) is 11.3 Å². The summed E-state index contributed by atoms with van der Waals surface area (Å²) < 4.78 is 0. The zero-order valence-electron chi connectivity index (χ0n) is 10.7. The molecule has 0 aliphatic heterocycles. The number of hydrogen-bond acceptors (Lipinski definition) is 3. The van der Waals surface area contributed by atoms with Gasteiger partial charge in [-0.25, -0.2) is 0 Å². The Labute approximate surface area is 121 Å². The minimum absolute atomic E-state index is 0.211. The molecule has 0 aliphatic carbocycles. The van der Waals surface area contributed by atoms with Crippen LogP contribution in [0.25, 0.3) is 10.9 Å². The van der Waals surface area contributed by atoms with E-state index in [1.54, 1.807) is 6.20 Å². The van der Waals surface area contributed by atoms with Gasteiger partial charge in [-0.2, -0.15) is 0 Å². The average Bonchev–Trinajstić information content (AvgIpc) is 2.48. The van der Waals surface area contributed by atoms with E-state index in [0.29, 0.717) is 17.1 Å². The van der Waals surface area contributed by atoms with Crippen molar-refractivity contribution in [3.8, 4) is 5.75 Å². The molecule has 2 N–H and O–H groups in total. The van der Waals surface area contributed by atoms with Gasteiger partial charge in [-0.05, 0) is 18.2 Å². The zero-order chi connectivity index (χ0) is 13.9. The quantitative estimate of drug-likeness (QED) is 0.757. The van der Waals surface area contributed by atoms with Crippen LogP contribution in [0.2, 0.25) is 5.02 Å². The molecule has 0 unspecified atom stereocenters. The number of aromatic nitrogens is 1. The molecule has 0 spiro atoms. The predicted octanol–water partition coefficient (Wildman–Crippen LogP) is 4.21. The van der Waals surface area contributed by atoms with Crippen molar-refractivity contribution in [3.63, 3.8) is 0 Å². The van der Waals surface area contributed by atoms with E-state index in [-0.39, 0.29) is 5.75 Å². The Morgan fingerprint density at radius 2 is 1.90 bits per heavy atom. The van der Waals surface area contributed by atoms with E-state index in [1.165, 1.54) is 0 Å². The lowest BCUT2D eigenvalue weighted by Crippen LogP contribution is -2.00. The second-order valence-electron chi connectivity index (χ2n) is 4.48. The Balaban J connectivity index is 1.88. The largest absolute Gasteiger partial charge is 0.505 e. The molecule has 0 atom stereocenters. The highest BCUT2D eigenvalue weighted by molar-refractivity contribution is 6.33. The average molecular weight is 285 g/mol. The number of para-hydroxylation sites is 1. The summed E-state index contributed by atoms with van der Waals surface area (Å²) in [5, 5.41) is 15.1. The minimum atomic E-state index is 0.211. The maximum Gasteiger partial charge on any atom is 0.146 e. The third-order valence-electron chi connectivity index (χ3n) is 3.17. The van der Waals surface area contributed by atoms with Gasteiger partial charge >= 0.3 is 0 Å². The fourth-order valence-electron chi connectivity index (χ4n) is 2.11. The molecular formula is C16H13ClN2O. The number of halogens is 1. The molecule has 1 aromatic heterocycles. The van der Waals surface area contributed by atoms with Gasteiger partial charge in [0.05, 0.1) is 10.7 Å². The Morgan fingerprint density at radius 1 is 1.05 bits per heavy atom. The predicted molar refractivity (Wildman–Crippen MR) is 82.2 cm³/mol. The second kappa shape index (κ2) is 5.39. The first kappa shape index (κ1) is 12.8. The monoisotopic (exact) mass is 284 g/mol. The molecule has 20 heavy (non-hydrogen) atoms. The van der Waals surface area contributed by atoms with E-state index in [2.05, 4.69) is 10.3 Å². The first-order chi connectivity index (χ1) is 9.75. The summed E-state index contributed by atoms with van der Waals surface area (Å²) in [5.41, 5.74) is 2.25. The number of pyridine rings is 1. The summed E-state index contributed by atoms with van der Waals surface area (Å²) in [6.07, 6.45) is 1.67. The van der Waals surface area contributed by atoms with Crippen LogP contribution in [0.1, 0.15) is 5.56 Å². The standard InChI is InChI=1S/C16H13ClN2O/c17-13-5-1-2-6-14(13)19-10-12-8-7-11-4-3-9-18-15(11)16(12)20/h1-9,19-20H,10H2. The molecule has 3 aromatic rings. The summed E-state index contributed by atoms with van der Waals surface area (Å²) >= 11 is 6.09. The first-order valence-electron chi connectivity index (χ1n) is 6.29. The van der Waals surface area contributed by atoms with Gasteiger partial charge in [-0.3, -0.25) is 4.98 Å². The maximum absolute atomic E-state index is 10.3. The molecule has 0 fully saturated rings.